The molecule has 0 atom stereocenters. The summed E-state index contributed by atoms with van der Waals surface area (Å²) in [6, 6.07) is 18.4. The predicted octanol–water partition coefficient (Wildman–Crippen LogP) is 2.67. The van der Waals surface area contributed by atoms with E-state index in [1.807, 2.05) is 37.3 Å². The van der Waals surface area contributed by atoms with Crippen LogP contribution in [0.15, 0.2) is 71.9 Å². The fourth-order valence-corrected chi connectivity index (χ4v) is 4.39. The molecule has 4 aromatic rings. The minimum absolute atomic E-state index is 0.0539. The number of hydrogen-bond donors (Lipinski definition) is 1. The fourth-order valence-electron chi connectivity index (χ4n) is 4.39. The Labute approximate surface area is 197 Å². The van der Waals surface area contributed by atoms with E-state index < -0.39 is 0 Å². The monoisotopic (exact) mass is 456 g/mol. The Bertz CT molecular complexity index is 1340. The lowest BCUT2D eigenvalue weighted by molar-refractivity contribution is -0.122. The van der Waals surface area contributed by atoms with Gasteiger partial charge in [-0.15, -0.1) is 5.10 Å². The lowest BCUT2D eigenvalue weighted by atomic mass is 10.0. The molecule has 0 saturated carbocycles. The Morgan fingerprint density at radius 1 is 1.06 bits per heavy atom. The standard InChI is InChI=1S/C26H28N6O2/c1-19-7-9-22(10-8-19)32-16-23-25(29-32)27-18-31(26(23)34)17-24(33)28-21-11-13-30(14-12-21)15-20-5-3-2-4-6-20/h2-10,16,18,21H,11-15,17H2,1H3,(H,28,33). The summed E-state index contributed by atoms with van der Waals surface area (Å²) in [5.41, 5.74) is 3.40. The van der Waals surface area contributed by atoms with Gasteiger partial charge in [-0.2, -0.15) is 0 Å². The normalized spacial score (nSPS) is 15.0. The van der Waals surface area contributed by atoms with E-state index in [0.29, 0.717) is 11.0 Å². The zero-order valence-electron chi connectivity index (χ0n) is 19.2. The van der Waals surface area contributed by atoms with Crippen molar-refractivity contribution in [2.75, 3.05) is 13.1 Å². The summed E-state index contributed by atoms with van der Waals surface area (Å²) in [5.74, 6) is -0.171. The maximum absolute atomic E-state index is 13.0. The number of fused-ring (bicyclic) bond motifs is 1. The number of aryl methyl sites for hydroxylation is 1. The molecule has 1 N–H and O–H groups in total. The van der Waals surface area contributed by atoms with Crippen molar-refractivity contribution >= 4 is 16.9 Å². The average Bonchev–Trinajstić information content (AvgIpc) is 3.29. The summed E-state index contributed by atoms with van der Waals surface area (Å²) in [7, 11) is 0. The van der Waals surface area contributed by atoms with E-state index in [9.17, 15) is 9.59 Å². The Morgan fingerprint density at radius 2 is 1.79 bits per heavy atom. The van der Waals surface area contributed by atoms with Crippen molar-refractivity contribution in [1.82, 2.24) is 29.5 Å². The van der Waals surface area contributed by atoms with Gasteiger partial charge in [0.25, 0.3) is 5.56 Å². The van der Waals surface area contributed by atoms with Gasteiger partial charge in [0.1, 0.15) is 18.3 Å². The molecular formula is C26H28N6O2. The summed E-state index contributed by atoms with van der Waals surface area (Å²) < 4.78 is 3.00. The number of hydrogen-bond acceptors (Lipinski definition) is 5. The third-order valence-electron chi connectivity index (χ3n) is 6.32. The zero-order valence-corrected chi connectivity index (χ0v) is 19.2. The molecule has 34 heavy (non-hydrogen) atoms. The predicted molar refractivity (Wildman–Crippen MR) is 131 cm³/mol. The van der Waals surface area contributed by atoms with E-state index in [-0.39, 0.29) is 24.1 Å². The summed E-state index contributed by atoms with van der Waals surface area (Å²) in [5, 5.41) is 7.89. The molecule has 2 aromatic heterocycles. The van der Waals surface area contributed by atoms with E-state index in [0.717, 1.165) is 43.7 Å². The summed E-state index contributed by atoms with van der Waals surface area (Å²) in [6.07, 6.45) is 4.87. The van der Waals surface area contributed by atoms with Crippen molar-refractivity contribution in [3.8, 4) is 5.69 Å². The quantitative estimate of drug-likeness (QED) is 0.482. The number of rotatable bonds is 6. The lowest BCUT2D eigenvalue weighted by Gasteiger charge is -2.32. The van der Waals surface area contributed by atoms with Gasteiger partial charge in [-0.05, 0) is 37.5 Å². The molecule has 174 valence electrons. The number of aromatic nitrogens is 4. The molecule has 1 aliphatic rings. The summed E-state index contributed by atoms with van der Waals surface area (Å²) in [6.45, 7) is 4.76. The molecule has 0 aliphatic carbocycles. The number of nitrogens with one attached hydrogen (secondary N) is 1. The number of carbonyl (C=O) groups excluding carboxylic acids is 1. The number of nitrogens with zero attached hydrogens (tertiary/aromatic N) is 5. The maximum atomic E-state index is 13.0. The third kappa shape index (κ3) is 4.92. The van der Waals surface area contributed by atoms with Gasteiger partial charge in [0.2, 0.25) is 5.91 Å². The largest absolute Gasteiger partial charge is 0.352 e. The number of amides is 1. The van der Waals surface area contributed by atoms with Crippen LogP contribution in [0.1, 0.15) is 24.0 Å². The number of benzene rings is 2. The highest BCUT2D eigenvalue weighted by atomic mass is 16.2. The van der Waals surface area contributed by atoms with Crippen LogP contribution in [0, 0.1) is 6.92 Å². The highest BCUT2D eigenvalue weighted by molar-refractivity contribution is 5.77. The average molecular weight is 457 g/mol. The third-order valence-corrected chi connectivity index (χ3v) is 6.32. The Balaban J connectivity index is 1.20. The van der Waals surface area contributed by atoms with Gasteiger partial charge in [0.15, 0.2) is 5.65 Å². The minimum Gasteiger partial charge on any atom is -0.352 e. The molecule has 0 unspecified atom stereocenters. The van der Waals surface area contributed by atoms with Gasteiger partial charge in [-0.25, -0.2) is 9.67 Å². The Hall–Kier alpha value is -3.78. The van der Waals surface area contributed by atoms with E-state index >= 15 is 0 Å². The van der Waals surface area contributed by atoms with Gasteiger partial charge in [0.05, 0.1) is 5.69 Å². The van der Waals surface area contributed by atoms with Crippen LogP contribution in [0.5, 0.6) is 0 Å². The number of piperidine rings is 1. The first kappa shape index (κ1) is 22.0. The zero-order chi connectivity index (χ0) is 23.5. The van der Waals surface area contributed by atoms with Crippen LogP contribution in [0.25, 0.3) is 16.7 Å². The van der Waals surface area contributed by atoms with Crippen LogP contribution in [-0.2, 0) is 17.9 Å². The fraction of sp³-hybridized carbons (Fsp3) is 0.308. The van der Waals surface area contributed by atoms with Crippen LogP contribution in [0.3, 0.4) is 0 Å². The van der Waals surface area contributed by atoms with E-state index in [2.05, 4.69) is 44.6 Å². The van der Waals surface area contributed by atoms with Crippen LogP contribution in [0.2, 0.25) is 0 Å². The first-order valence-corrected chi connectivity index (χ1v) is 11.6. The van der Waals surface area contributed by atoms with Crippen molar-refractivity contribution in [2.45, 2.75) is 38.9 Å². The molecule has 3 heterocycles. The topological polar surface area (TPSA) is 85.0 Å². The van der Waals surface area contributed by atoms with Crippen LogP contribution in [-0.4, -0.2) is 49.3 Å². The van der Waals surface area contributed by atoms with Gasteiger partial charge in [-0.1, -0.05) is 48.0 Å². The van der Waals surface area contributed by atoms with Crippen molar-refractivity contribution in [1.29, 1.82) is 0 Å². The summed E-state index contributed by atoms with van der Waals surface area (Å²) >= 11 is 0. The van der Waals surface area contributed by atoms with E-state index in [1.165, 1.54) is 16.5 Å². The van der Waals surface area contributed by atoms with Crippen molar-refractivity contribution < 1.29 is 4.79 Å². The Morgan fingerprint density at radius 3 is 2.53 bits per heavy atom. The molecule has 8 nitrogen and oxygen atoms in total. The minimum atomic E-state index is -0.267. The lowest BCUT2D eigenvalue weighted by Crippen LogP contribution is -2.45. The van der Waals surface area contributed by atoms with Gasteiger partial charge in [0, 0.05) is 31.9 Å². The van der Waals surface area contributed by atoms with Crippen LogP contribution in [0.4, 0.5) is 0 Å². The second-order valence-electron chi connectivity index (χ2n) is 8.93. The molecule has 8 heteroatoms. The second kappa shape index (κ2) is 9.61. The molecular weight excluding hydrogens is 428 g/mol. The summed E-state index contributed by atoms with van der Waals surface area (Å²) in [4.78, 5) is 32.3. The first-order valence-electron chi connectivity index (χ1n) is 11.6. The molecule has 0 radical (unpaired) electrons. The molecule has 1 saturated heterocycles. The number of likely N-dealkylation sites (tertiary alicyclic amines) is 1. The SMILES string of the molecule is Cc1ccc(-n2cc3c(=O)n(CC(=O)NC4CCN(Cc5ccccc5)CC4)cnc3n2)cc1. The van der Waals surface area contributed by atoms with Gasteiger partial charge < -0.3 is 5.32 Å². The highest BCUT2D eigenvalue weighted by Crippen LogP contribution is 2.14. The van der Waals surface area contributed by atoms with E-state index in [4.69, 9.17) is 0 Å². The van der Waals surface area contributed by atoms with Gasteiger partial charge in [-0.3, -0.25) is 19.1 Å². The molecule has 1 aliphatic heterocycles. The van der Waals surface area contributed by atoms with Gasteiger partial charge >= 0.3 is 0 Å². The highest BCUT2D eigenvalue weighted by Gasteiger charge is 2.21. The molecule has 0 spiro atoms. The second-order valence-corrected chi connectivity index (χ2v) is 8.93. The van der Waals surface area contributed by atoms with Crippen LogP contribution >= 0.6 is 0 Å². The Kier molecular flexibility index (Phi) is 6.22. The number of carbonyl (C=O) groups is 1. The molecule has 0 bridgehead atoms. The molecule has 1 fully saturated rings. The molecule has 1 amide bonds. The molecule has 5 rings (SSSR count). The van der Waals surface area contributed by atoms with Crippen molar-refractivity contribution in [3.05, 3.63) is 88.6 Å². The molecule has 2 aromatic carbocycles. The van der Waals surface area contributed by atoms with Crippen molar-refractivity contribution in [2.24, 2.45) is 0 Å². The van der Waals surface area contributed by atoms with E-state index in [1.54, 1.807) is 10.9 Å². The first-order chi connectivity index (χ1) is 16.5. The van der Waals surface area contributed by atoms with Crippen molar-refractivity contribution in [3.63, 3.8) is 0 Å². The smallest absolute Gasteiger partial charge is 0.264 e. The maximum Gasteiger partial charge on any atom is 0.264 e. The van der Waals surface area contributed by atoms with Crippen LogP contribution < -0.4 is 10.9 Å².